The second-order valence-corrected chi connectivity index (χ2v) is 8.72. The summed E-state index contributed by atoms with van der Waals surface area (Å²) in [5, 5.41) is 0.591. The number of ether oxygens (including phenoxy) is 1. The van der Waals surface area contributed by atoms with Crippen molar-refractivity contribution in [1.29, 1.82) is 0 Å². The molecule has 2 aromatic carbocycles. The predicted molar refractivity (Wildman–Crippen MR) is 125 cm³/mol. The summed E-state index contributed by atoms with van der Waals surface area (Å²) < 4.78 is 20.5. The molecular weight excluding hydrogens is 493 g/mol. The van der Waals surface area contributed by atoms with Gasteiger partial charge in [0.1, 0.15) is 5.82 Å². The van der Waals surface area contributed by atoms with Crippen molar-refractivity contribution in [1.82, 2.24) is 9.88 Å². The van der Waals surface area contributed by atoms with Crippen LogP contribution in [-0.4, -0.2) is 55.2 Å². The second-order valence-electron chi connectivity index (χ2n) is 6.85. The Labute approximate surface area is 193 Å². The molecule has 0 N–H and O–H groups in total. The lowest BCUT2D eigenvalue weighted by Gasteiger charge is -2.27. The van der Waals surface area contributed by atoms with Crippen LogP contribution in [0, 0.1) is 5.82 Å². The number of rotatable bonds is 6. The van der Waals surface area contributed by atoms with E-state index < -0.39 is 0 Å². The molecule has 1 aliphatic rings. The summed E-state index contributed by atoms with van der Waals surface area (Å²) in [6, 6.07) is 11.9. The number of anilines is 1. The second kappa shape index (κ2) is 10.6. The van der Waals surface area contributed by atoms with Crippen LogP contribution in [0.3, 0.4) is 0 Å². The third-order valence-electron chi connectivity index (χ3n) is 4.88. The van der Waals surface area contributed by atoms with Crippen molar-refractivity contribution >= 4 is 60.9 Å². The minimum Gasteiger partial charge on any atom is -0.379 e. The Hall–Kier alpha value is -1.58. The van der Waals surface area contributed by atoms with Gasteiger partial charge in [-0.3, -0.25) is 14.6 Å². The molecule has 0 atom stereocenters. The number of amides is 1. The van der Waals surface area contributed by atoms with Gasteiger partial charge < -0.3 is 4.74 Å². The molecule has 0 aliphatic carbocycles. The first-order valence-corrected chi connectivity index (χ1v) is 11.2. The minimum absolute atomic E-state index is 0. The maximum Gasteiger partial charge on any atom is 0.261 e. The summed E-state index contributed by atoms with van der Waals surface area (Å²) in [5.74, 6) is -0.414. The zero-order chi connectivity index (χ0) is 20.2. The molecule has 0 unspecified atom stereocenters. The number of thiazole rings is 1. The van der Waals surface area contributed by atoms with E-state index in [1.165, 1.54) is 23.5 Å². The highest BCUT2D eigenvalue weighted by molar-refractivity contribution is 9.10. The zero-order valence-electron chi connectivity index (χ0n) is 16.2. The molecule has 1 saturated heterocycles. The molecule has 0 saturated carbocycles. The maximum atomic E-state index is 13.6. The number of carbonyl (C=O) groups excluding carboxylic acids is 1. The molecule has 3 aromatic rings. The van der Waals surface area contributed by atoms with Crippen molar-refractivity contribution in [3.05, 3.63) is 58.3 Å². The molecule has 160 valence electrons. The van der Waals surface area contributed by atoms with Gasteiger partial charge in [-0.25, -0.2) is 9.37 Å². The lowest BCUT2D eigenvalue weighted by Crippen LogP contribution is -2.39. The van der Waals surface area contributed by atoms with E-state index in [1.54, 1.807) is 17.0 Å². The van der Waals surface area contributed by atoms with Crippen LogP contribution in [0.25, 0.3) is 10.2 Å². The first kappa shape index (κ1) is 23.1. The van der Waals surface area contributed by atoms with Crippen molar-refractivity contribution in [3.63, 3.8) is 0 Å². The number of benzene rings is 2. The van der Waals surface area contributed by atoms with Crippen LogP contribution in [0.1, 0.15) is 16.8 Å². The smallest absolute Gasteiger partial charge is 0.261 e. The molecule has 1 fully saturated rings. The number of halogens is 3. The van der Waals surface area contributed by atoms with Gasteiger partial charge in [0.25, 0.3) is 5.91 Å². The van der Waals surface area contributed by atoms with Gasteiger partial charge in [0.15, 0.2) is 5.13 Å². The number of carbonyl (C=O) groups is 1. The van der Waals surface area contributed by atoms with Crippen LogP contribution in [-0.2, 0) is 4.74 Å². The lowest BCUT2D eigenvalue weighted by atomic mass is 10.2. The summed E-state index contributed by atoms with van der Waals surface area (Å²) in [6.07, 6.45) is 0.820. The number of nitrogens with zero attached hydrogens (tertiary/aromatic N) is 3. The number of hydrogen-bond acceptors (Lipinski definition) is 5. The SMILES string of the molecule is Cl.O=C(c1ccccc1Br)N(CCCN1CCOCC1)c1nc2ccc(F)cc2s1. The number of fused-ring (bicyclic) bond motifs is 1. The molecule has 0 spiro atoms. The van der Waals surface area contributed by atoms with E-state index in [0.717, 1.165) is 48.4 Å². The average Bonchev–Trinajstić information content (AvgIpc) is 3.14. The Bertz CT molecular complexity index is 1010. The molecule has 5 nitrogen and oxygen atoms in total. The summed E-state index contributed by atoms with van der Waals surface area (Å²) in [7, 11) is 0. The summed E-state index contributed by atoms with van der Waals surface area (Å²) in [5.41, 5.74) is 1.29. The topological polar surface area (TPSA) is 45.7 Å². The zero-order valence-corrected chi connectivity index (χ0v) is 19.4. The highest BCUT2D eigenvalue weighted by Crippen LogP contribution is 2.31. The lowest BCUT2D eigenvalue weighted by molar-refractivity contribution is 0.0376. The average molecular weight is 515 g/mol. The van der Waals surface area contributed by atoms with Crippen LogP contribution in [0.2, 0.25) is 0 Å². The Kier molecular flexibility index (Phi) is 8.19. The third kappa shape index (κ3) is 5.36. The monoisotopic (exact) mass is 513 g/mol. The van der Waals surface area contributed by atoms with Gasteiger partial charge in [0.2, 0.25) is 0 Å². The van der Waals surface area contributed by atoms with E-state index >= 15 is 0 Å². The van der Waals surface area contributed by atoms with Crippen LogP contribution in [0.4, 0.5) is 9.52 Å². The van der Waals surface area contributed by atoms with Crippen molar-refractivity contribution in [2.24, 2.45) is 0 Å². The van der Waals surface area contributed by atoms with E-state index in [0.29, 0.717) is 22.8 Å². The highest BCUT2D eigenvalue weighted by atomic mass is 79.9. The van der Waals surface area contributed by atoms with Crippen LogP contribution < -0.4 is 4.90 Å². The van der Waals surface area contributed by atoms with Gasteiger partial charge in [-0.05, 0) is 52.7 Å². The first-order chi connectivity index (χ1) is 14.1. The first-order valence-electron chi connectivity index (χ1n) is 9.54. The fourth-order valence-electron chi connectivity index (χ4n) is 3.34. The van der Waals surface area contributed by atoms with Crippen molar-refractivity contribution in [2.45, 2.75) is 6.42 Å². The fraction of sp³-hybridized carbons (Fsp3) is 0.333. The predicted octanol–water partition coefficient (Wildman–Crippen LogP) is 4.99. The molecular formula is C21H22BrClFN3O2S. The van der Waals surface area contributed by atoms with Gasteiger partial charge >= 0.3 is 0 Å². The number of hydrogen-bond donors (Lipinski definition) is 0. The summed E-state index contributed by atoms with van der Waals surface area (Å²) >= 11 is 4.82. The van der Waals surface area contributed by atoms with Gasteiger partial charge in [-0.2, -0.15) is 0 Å². The standard InChI is InChI=1S/C21H21BrFN3O2S.ClH/c22-17-5-2-1-4-16(17)20(27)26(9-3-8-25-10-12-28-13-11-25)21-24-18-7-6-15(23)14-19(18)29-21;/h1-2,4-7,14H,3,8-13H2;1H. The Morgan fingerprint density at radius 3 is 2.77 bits per heavy atom. The molecule has 1 amide bonds. The van der Waals surface area contributed by atoms with Gasteiger partial charge in [-0.1, -0.05) is 23.5 Å². The van der Waals surface area contributed by atoms with E-state index in [9.17, 15) is 9.18 Å². The molecule has 9 heteroatoms. The summed E-state index contributed by atoms with van der Waals surface area (Å²) in [4.78, 5) is 22.0. The molecule has 4 rings (SSSR count). The largest absolute Gasteiger partial charge is 0.379 e. The van der Waals surface area contributed by atoms with Crippen molar-refractivity contribution in [2.75, 3.05) is 44.3 Å². The van der Waals surface area contributed by atoms with Crippen LogP contribution in [0.15, 0.2) is 46.9 Å². The van der Waals surface area contributed by atoms with E-state index in [1.807, 2.05) is 18.2 Å². The molecule has 0 radical (unpaired) electrons. The molecule has 1 aromatic heterocycles. The van der Waals surface area contributed by atoms with E-state index in [2.05, 4.69) is 25.8 Å². The molecule has 0 bridgehead atoms. The Balaban J connectivity index is 0.00000256. The maximum absolute atomic E-state index is 13.6. The highest BCUT2D eigenvalue weighted by Gasteiger charge is 2.23. The summed E-state index contributed by atoms with van der Waals surface area (Å²) in [6.45, 7) is 4.77. The van der Waals surface area contributed by atoms with Crippen LogP contribution in [0.5, 0.6) is 0 Å². The number of morpholine rings is 1. The normalized spacial score (nSPS) is 14.5. The Morgan fingerprint density at radius 2 is 2.00 bits per heavy atom. The molecule has 2 heterocycles. The van der Waals surface area contributed by atoms with Crippen molar-refractivity contribution in [3.8, 4) is 0 Å². The van der Waals surface area contributed by atoms with E-state index in [-0.39, 0.29) is 24.1 Å². The molecule has 1 aliphatic heterocycles. The number of aromatic nitrogens is 1. The van der Waals surface area contributed by atoms with Gasteiger partial charge in [0.05, 0.1) is 29.0 Å². The fourth-order valence-corrected chi connectivity index (χ4v) is 4.81. The Morgan fingerprint density at radius 1 is 1.23 bits per heavy atom. The third-order valence-corrected chi connectivity index (χ3v) is 6.61. The minimum atomic E-state index is -0.302. The van der Waals surface area contributed by atoms with Gasteiger partial charge in [0, 0.05) is 30.7 Å². The van der Waals surface area contributed by atoms with Crippen molar-refractivity contribution < 1.29 is 13.9 Å². The van der Waals surface area contributed by atoms with E-state index in [4.69, 9.17) is 4.74 Å². The molecule has 30 heavy (non-hydrogen) atoms. The quantitative estimate of drug-likeness (QED) is 0.465. The van der Waals surface area contributed by atoms with Crippen LogP contribution >= 0.6 is 39.7 Å². The van der Waals surface area contributed by atoms with Gasteiger partial charge in [-0.15, -0.1) is 12.4 Å².